The van der Waals surface area contributed by atoms with Gasteiger partial charge >= 0.3 is 12.2 Å². The van der Waals surface area contributed by atoms with Crippen LogP contribution in [-0.2, 0) is 24.0 Å². The van der Waals surface area contributed by atoms with Gasteiger partial charge in [-0.15, -0.1) is 0 Å². The summed E-state index contributed by atoms with van der Waals surface area (Å²) in [5.74, 6) is 0. The van der Waals surface area contributed by atoms with Crippen LogP contribution >= 0.6 is 0 Å². The van der Waals surface area contributed by atoms with Crippen LogP contribution in [0.25, 0.3) is 0 Å². The van der Waals surface area contributed by atoms with Gasteiger partial charge in [-0.05, 0) is 57.0 Å². The standard InChI is InChI=1S/C22H30F3N3O2/c1-21(2,3)26-20(29)28(12-7-13-30-4)16-19-10-6-11-27(19)15-17-8-5-9-18(14-17)22(23,24)25/h5-6,8-11,14H,7,12-13,15-16H2,1-4H3,(H,26,29). The molecule has 8 heteroatoms. The predicted molar refractivity (Wildman–Crippen MR) is 110 cm³/mol. The average Bonchev–Trinajstić information content (AvgIpc) is 3.06. The third-order valence-corrected chi connectivity index (χ3v) is 4.43. The third-order valence-electron chi connectivity index (χ3n) is 4.43. The molecule has 0 spiro atoms. The van der Waals surface area contributed by atoms with E-state index in [4.69, 9.17) is 4.74 Å². The number of alkyl halides is 3. The number of hydrogen-bond acceptors (Lipinski definition) is 2. The van der Waals surface area contributed by atoms with Crippen LogP contribution < -0.4 is 5.32 Å². The van der Waals surface area contributed by atoms with Crippen molar-refractivity contribution >= 4 is 6.03 Å². The lowest BCUT2D eigenvalue weighted by Crippen LogP contribution is -2.48. The zero-order valence-electron chi connectivity index (χ0n) is 17.9. The van der Waals surface area contributed by atoms with Gasteiger partial charge in [0.15, 0.2) is 0 Å². The van der Waals surface area contributed by atoms with Crippen LogP contribution in [0.4, 0.5) is 18.0 Å². The largest absolute Gasteiger partial charge is 0.416 e. The summed E-state index contributed by atoms with van der Waals surface area (Å²) in [7, 11) is 1.61. The van der Waals surface area contributed by atoms with Crippen molar-refractivity contribution in [3.63, 3.8) is 0 Å². The van der Waals surface area contributed by atoms with E-state index in [1.165, 1.54) is 6.07 Å². The predicted octanol–water partition coefficient (Wildman–Crippen LogP) is 4.90. The van der Waals surface area contributed by atoms with Crippen molar-refractivity contribution in [2.75, 3.05) is 20.3 Å². The molecule has 1 aromatic heterocycles. The highest BCUT2D eigenvalue weighted by Gasteiger charge is 2.30. The highest BCUT2D eigenvalue weighted by atomic mass is 19.4. The monoisotopic (exact) mass is 425 g/mol. The molecule has 1 heterocycles. The van der Waals surface area contributed by atoms with Gasteiger partial charge in [0.2, 0.25) is 0 Å². The van der Waals surface area contributed by atoms with Crippen LogP contribution in [-0.4, -0.2) is 41.3 Å². The summed E-state index contributed by atoms with van der Waals surface area (Å²) in [6.45, 7) is 7.41. The van der Waals surface area contributed by atoms with Crippen molar-refractivity contribution in [2.24, 2.45) is 0 Å². The summed E-state index contributed by atoms with van der Waals surface area (Å²) in [6.07, 6.45) is -1.88. The van der Waals surface area contributed by atoms with Crippen LogP contribution in [0.2, 0.25) is 0 Å². The molecule has 0 saturated carbocycles. The number of halogens is 3. The summed E-state index contributed by atoms with van der Waals surface area (Å²) in [4.78, 5) is 14.4. The minimum absolute atomic E-state index is 0.189. The molecule has 166 valence electrons. The van der Waals surface area contributed by atoms with Crippen LogP contribution in [0.5, 0.6) is 0 Å². The molecule has 0 fully saturated rings. The molecule has 1 N–H and O–H groups in total. The highest BCUT2D eigenvalue weighted by molar-refractivity contribution is 5.74. The molecule has 0 aliphatic rings. The number of methoxy groups -OCH3 is 1. The highest BCUT2D eigenvalue weighted by Crippen LogP contribution is 2.29. The van der Waals surface area contributed by atoms with Crippen molar-refractivity contribution in [1.82, 2.24) is 14.8 Å². The number of hydrogen-bond donors (Lipinski definition) is 1. The Morgan fingerprint density at radius 3 is 2.53 bits per heavy atom. The first-order valence-electron chi connectivity index (χ1n) is 9.86. The number of carbonyl (C=O) groups is 1. The van der Waals surface area contributed by atoms with Gasteiger partial charge in [-0.3, -0.25) is 0 Å². The second-order valence-corrected chi connectivity index (χ2v) is 8.27. The number of ether oxygens (including phenoxy) is 1. The maximum Gasteiger partial charge on any atom is 0.416 e. The fourth-order valence-electron chi connectivity index (χ4n) is 3.04. The van der Waals surface area contributed by atoms with Gasteiger partial charge in [0.1, 0.15) is 0 Å². The summed E-state index contributed by atoms with van der Waals surface area (Å²) in [5.41, 5.74) is 0.345. The first kappa shape index (κ1) is 23.8. The molecule has 0 radical (unpaired) electrons. The number of aromatic nitrogens is 1. The summed E-state index contributed by atoms with van der Waals surface area (Å²) in [6, 6.07) is 8.82. The number of benzene rings is 1. The fourth-order valence-corrected chi connectivity index (χ4v) is 3.04. The molecule has 5 nitrogen and oxygen atoms in total. The van der Waals surface area contributed by atoms with Crippen molar-refractivity contribution < 1.29 is 22.7 Å². The van der Waals surface area contributed by atoms with E-state index in [0.717, 1.165) is 17.8 Å². The lowest BCUT2D eigenvalue weighted by atomic mass is 10.1. The minimum atomic E-state index is -4.38. The number of carbonyl (C=O) groups excluding carboxylic acids is 1. The zero-order chi connectivity index (χ0) is 22.4. The van der Waals surface area contributed by atoms with Crippen LogP contribution in [0, 0.1) is 0 Å². The second kappa shape index (κ2) is 10.0. The maximum absolute atomic E-state index is 13.0. The molecular weight excluding hydrogens is 395 g/mol. The Labute approximate surface area is 175 Å². The number of amides is 2. The van der Waals surface area contributed by atoms with Gasteiger partial charge in [0.05, 0.1) is 12.1 Å². The van der Waals surface area contributed by atoms with Crippen LogP contribution in [0.1, 0.15) is 44.0 Å². The van der Waals surface area contributed by atoms with Crippen LogP contribution in [0.3, 0.4) is 0 Å². The Balaban J connectivity index is 2.17. The van der Waals surface area contributed by atoms with E-state index in [-0.39, 0.29) is 11.6 Å². The number of rotatable bonds is 8. The van der Waals surface area contributed by atoms with Crippen molar-refractivity contribution in [3.05, 3.63) is 59.4 Å². The molecule has 0 aliphatic carbocycles. The van der Waals surface area contributed by atoms with E-state index >= 15 is 0 Å². The Morgan fingerprint density at radius 2 is 1.90 bits per heavy atom. The van der Waals surface area contributed by atoms with E-state index in [9.17, 15) is 18.0 Å². The van der Waals surface area contributed by atoms with Crippen molar-refractivity contribution in [3.8, 4) is 0 Å². The van der Waals surface area contributed by atoms with Crippen molar-refractivity contribution in [1.29, 1.82) is 0 Å². The van der Waals surface area contributed by atoms with E-state index in [0.29, 0.717) is 38.2 Å². The third kappa shape index (κ3) is 7.40. The van der Waals surface area contributed by atoms with Crippen LogP contribution in [0.15, 0.2) is 42.6 Å². The second-order valence-electron chi connectivity index (χ2n) is 8.27. The molecule has 0 bridgehead atoms. The quantitative estimate of drug-likeness (QED) is 0.612. The normalized spacial score (nSPS) is 12.1. The summed E-state index contributed by atoms with van der Waals surface area (Å²) < 4.78 is 46.0. The molecule has 0 atom stereocenters. The summed E-state index contributed by atoms with van der Waals surface area (Å²) in [5, 5.41) is 2.96. The molecule has 2 aromatic rings. The van der Waals surface area contributed by atoms with E-state index in [2.05, 4.69) is 5.32 Å². The Kier molecular flexibility index (Phi) is 7.95. The molecule has 30 heavy (non-hydrogen) atoms. The molecule has 1 aromatic carbocycles. The average molecular weight is 425 g/mol. The first-order valence-corrected chi connectivity index (χ1v) is 9.86. The van der Waals surface area contributed by atoms with Gasteiger partial charge < -0.3 is 19.5 Å². The van der Waals surface area contributed by atoms with Gasteiger partial charge in [-0.25, -0.2) is 4.79 Å². The van der Waals surface area contributed by atoms with E-state index < -0.39 is 11.7 Å². The van der Waals surface area contributed by atoms with Gasteiger partial charge in [0, 0.05) is 44.2 Å². The SMILES string of the molecule is COCCCN(Cc1cccn1Cc1cccc(C(F)(F)F)c1)C(=O)NC(C)(C)C. The molecule has 0 saturated heterocycles. The molecule has 2 amide bonds. The smallest absolute Gasteiger partial charge is 0.385 e. The molecular formula is C22H30F3N3O2. The topological polar surface area (TPSA) is 46.5 Å². The Hall–Kier alpha value is -2.48. The number of urea groups is 1. The zero-order valence-corrected chi connectivity index (χ0v) is 17.9. The molecule has 0 aliphatic heterocycles. The lowest BCUT2D eigenvalue weighted by molar-refractivity contribution is -0.137. The van der Waals surface area contributed by atoms with Gasteiger partial charge in [-0.1, -0.05) is 12.1 Å². The molecule has 2 rings (SSSR count). The number of nitrogens with one attached hydrogen (secondary N) is 1. The summed E-state index contributed by atoms with van der Waals surface area (Å²) >= 11 is 0. The van der Waals surface area contributed by atoms with Gasteiger partial charge in [-0.2, -0.15) is 13.2 Å². The van der Waals surface area contributed by atoms with Gasteiger partial charge in [0.25, 0.3) is 0 Å². The Bertz CT molecular complexity index is 826. The molecule has 0 unspecified atom stereocenters. The first-order chi connectivity index (χ1) is 14.0. The van der Waals surface area contributed by atoms with E-state index in [1.54, 1.807) is 18.1 Å². The fraction of sp³-hybridized carbons (Fsp3) is 0.500. The minimum Gasteiger partial charge on any atom is -0.385 e. The maximum atomic E-state index is 13.0. The number of nitrogens with zero attached hydrogens (tertiary/aromatic N) is 2. The lowest BCUT2D eigenvalue weighted by Gasteiger charge is -2.29. The van der Waals surface area contributed by atoms with Crippen molar-refractivity contribution in [2.45, 2.75) is 52.0 Å². The van der Waals surface area contributed by atoms with E-state index in [1.807, 2.05) is 43.7 Å². The Morgan fingerprint density at radius 1 is 1.17 bits per heavy atom.